The Balaban J connectivity index is 1.63. The smallest absolute Gasteiger partial charge is 0.194 e. The van der Waals surface area contributed by atoms with Gasteiger partial charge in [-0.05, 0) is 18.6 Å². The van der Waals surface area contributed by atoms with Gasteiger partial charge in [0, 0.05) is 50.2 Å². The lowest BCUT2D eigenvalue weighted by molar-refractivity contribution is 0.104. The molecule has 0 N–H and O–H groups in total. The monoisotopic (exact) mass is 504 g/mol. The Bertz CT molecular complexity index is 1670. The van der Waals surface area contributed by atoms with Crippen molar-refractivity contribution in [1.29, 1.82) is 10.5 Å². The van der Waals surface area contributed by atoms with E-state index in [-0.39, 0.29) is 39.1 Å². The molecule has 1 atom stereocenters. The summed E-state index contributed by atoms with van der Waals surface area (Å²) in [6, 6.07) is 13.5. The predicted octanol–water partition coefficient (Wildman–Crippen LogP) is 6.47. The fourth-order valence-electron chi connectivity index (χ4n) is 4.07. The number of allylic oxidation sites excluding steroid dienone is 3. The third kappa shape index (κ3) is 3.42. The van der Waals surface area contributed by atoms with E-state index in [1.807, 2.05) is 21.4 Å². The molecule has 1 aliphatic rings. The lowest BCUT2D eigenvalue weighted by atomic mass is 9.99. The van der Waals surface area contributed by atoms with Gasteiger partial charge in [0.2, 0.25) is 0 Å². The summed E-state index contributed by atoms with van der Waals surface area (Å²) in [6.45, 7) is 1.17. The topological polar surface area (TPSA) is 77.8 Å². The Kier molecular flexibility index (Phi) is 5.44. The Morgan fingerprint density at radius 3 is 2.40 bits per heavy atom. The van der Waals surface area contributed by atoms with Crippen LogP contribution in [0.15, 0.2) is 52.0 Å². The number of rotatable bonds is 2. The number of benzene rings is 2. The zero-order valence-corrected chi connectivity index (χ0v) is 19.8. The van der Waals surface area contributed by atoms with E-state index in [0.29, 0.717) is 26.3 Å². The average molecular weight is 504 g/mol. The maximum absolute atomic E-state index is 14.8. The van der Waals surface area contributed by atoms with Gasteiger partial charge in [-0.25, -0.2) is 13.2 Å². The number of nitriles is 2. The Morgan fingerprint density at radius 2 is 1.74 bits per heavy atom. The number of carbonyl (C=O) groups excluding carboxylic acids is 1. The first-order valence-corrected chi connectivity index (χ1v) is 11.5. The SMILES string of the molecule is Cc1c(F)c(F)c(P)c(-c2cc3oc(/C=C4\C(=O)c5ccccc5C4=C(C#N)C#N)cc3s2)c1F. The van der Waals surface area contributed by atoms with Crippen molar-refractivity contribution in [1.82, 2.24) is 0 Å². The number of Topliss-reactive ketones (excluding diaryl/α,β-unsaturated/α-hetero) is 1. The Labute approximate surface area is 203 Å². The molecule has 4 nitrogen and oxygen atoms in total. The molecule has 0 radical (unpaired) electrons. The molecule has 0 bridgehead atoms. The summed E-state index contributed by atoms with van der Waals surface area (Å²) < 4.78 is 49.3. The highest BCUT2D eigenvalue weighted by Crippen LogP contribution is 2.42. The lowest BCUT2D eigenvalue weighted by Crippen LogP contribution is -2.11. The summed E-state index contributed by atoms with van der Waals surface area (Å²) in [7, 11) is 2.04. The quantitative estimate of drug-likeness (QED) is 0.136. The lowest BCUT2D eigenvalue weighted by Gasteiger charge is -2.10. The van der Waals surface area contributed by atoms with Gasteiger partial charge < -0.3 is 4.42 Å². The van der Waals surface area contributed by atoms with Crippen LogP contribution in [-0.2, 0) is 0 Å². The Morgan fingerprint density at radius 1 is 1.06 bits per heavy atom. The van der Waals surface area contributed by atoms with E-state index < -0.39 is 23.0 Å². The molecule has 2 heterocycles. The Hall–Kier alpha value is -3.97. The van der Waals surface area contributed by atoms with Gasteiger partial charge in [0.15, 0.2) is 17.4 Å². The van der Waals surface area contributed by atoms with Crippen LogP contribution in [0.5, 0.6) is 0 Å². The molecule has 0 fully saturated rings. The van der Waals surface area contributed by atoms with E-state index in [4.69, 9.17) is 4.42 Å². The molecule has 0 saturated carbocycles. The second-order valence-corrected chi connectivity index (χ2v) is 9.41. The van der Waals surface area contributed by atoms with Crippen LogP contribution in [0.3, 0.4) is 0 Å². The molecule has 4 aromatic rings. The van der Waals surface area contributed by atoms with E-state index in [0.717, 1.165) is 11.3 Å². The minimum atomic E-state index is -1.23. The van der Waals surface area contributed by atoms with E-state index in [2.05, 4.69) is 0 Å². The first-order valence-electron chi connectivity index (χ1n) is 10.1. The largest absolute Gasteiger partial charge is 0.456 e. The highest BCUT2D eigenvalue weighted by atomic mass is 32.1. The standard InChI is InChI=1S/C26H12F3N2O2PS/c1-11-22(27)21(26(34)24(29)23(11)28)19-8-17-18(35-19)7-13(33-17)6-16-20(12(9-30)10-31)14-4-2-3-5-15(14)25(16)32/h2-8H,34H2,1H3/b16-6-. The van der Waals surface area contributed by atoms with Crippen LogP contribution in [0, 0.1) is 47.0 Å². The summed E-state index contributed by atoms with van der Waals surface area (Å²) in [5.41, 5.74) is 0.952. The van der Waals surface area contributed by atoms with Crippen molar-refractivity contribution in [2.75, 3.05) is 0 Å². The number of hydrogen-bond donors (Lipinski definition) is 0. The van der Waals surface area contributed by atoms with Gasteiger partial charge in [0.1, 0.15) is 34.9 Å². The maximum Gasteiger partial charge on any atom is 0.194 e. The summed E-state index contributed by atoms with van der Waals surface area (Å²) in [6.07, 6.45) is 1.46. The molecule has 5 rings (SSSR count). The second-order valence-electron chi connectivity index (χ2n) is 7.75. The second kappa shape index (κ2) is 8.36. The van der Waals surface area contributed by atoms with Crippen molar-refractivity contribution >= 4 is 53.6 Å². The van der Waals surface area contributed by atoms with E-state index >= 15 is 0 Å². The fourth-order valence-corrected chi connectivity index (χ4v) is 5.67. The van der Waals surface area contributed by atoms with E-state index in [9.17, 15) is 28.5 Å². The van der Waals surface area contributed by atoms with Crippen LogP contribution < -0.4 is 5.30 Å². The third-order valence-corrected chi connectivity index (χ3v) is 7.39. The first kappa shape index (κ1) is 22.8. The van der Waals surface area contributed by atoms with Crippen molar-refractivity contribution in [3.05, 3.63) is 87.4 Å². The number of carbonyl (C=O) groups is 1. The number of ketones is 1. The molecule has 9 heteroatoms. The van der Waals surface area contributed by atoms with Gasteiger partial charge in [0.05, 0.1) is 4.70 Å². The van der Waals surface area contributed by atoms with Crippen LogP contribution in [-0.4, -0.2) is 5.78 Å². The van der Waals surface area contributed by atoms with E-state index in [1.165, 1.54) is 19.1 Å². The average Bonchev–Trinajstić information content (AvgIpc) is 3.49. The first-order chi connectivity index (χ1) is 16.8. The van der Waals surface area contributed by atoms with Crippen LogP contribution in [0.25, 0.3) is 32.4 Å². The highest BCUT2D eigenvalue weighted by molar-refractivity contribution is 7.28. The zero-order valence-electron chi connectivity index (χ0n) is 17.9. The van der Waals surface area contributed by atoms with Crippen molar-refractivity contribution < 1.29 is 22.4 Å². The number of furan rings is 1. The molecule has 1 unspecified atom stereocenters. The molecule has 2 aromatic heterocycles. The molecule has 1 aliphatic carbocycles. The van der Waals surface area contributed by atoms with E-state index in [1.54, 1.807) is 30.3 Å². The molecular weight excluding hydrogens is 492 g/mol. The number of halogens is 3. The van der Waals surface area contributed by atoms with Crippen LogP contribution >= 0.6 is 20.6 Å². The number of thiophene rings is 1. The van der Waals surface area contributed by atoms with Crippen LogP contribution in [0.4, 0.5) is 13.2 Å². The minimum absolute atomic E-state index is 0.0676. The maximum atomic E-state index is 14.8. The molecule has 0 aliphatic heterocycles. The fraction of sp³-hybridized carbons (Fsp3) is 0.0385. The van der Waals surface area contributed by atoms with Gasteiger partial charge in [-0.15, -0.1) is 20.6 Å². The van der Waals surface area contributed by atoms with Gasteiger partial charge in [-0.3, -0.25) is 4.79 Å². The van der Waals surface area contributed by atoms with Crippen LogP contribution in [0.2, 0.25) is 0 Å². The van der Waals surface area contributed by atoms with Gasteiger partial charge in [-0.2, -0.15) is 10.5 Å². The normalized spacial score (nSPS) is 13.9. The minimum Gasteiger partial charge on any atom is -0.456 e. The molecule has 35 heavy (non-hydrogen) atoms. The van der Waals surface area contributed by atoms with Crippen molar-refractivity contribution in [3.63, 3.8) is 0 Å². The van der Waals surface area contributed by atoms with Crippen LogP contribution in [0.1, 0.15) is 27.2 Å². The number of nitrogens with zero attached hydrogens (tertiary/aromatic N) is 2. The summed E-state index contributed by atoms with van der Waals surface area (Å²) >= 11 is 1.12. The molecule has 0 spiro atoms. The third-order valence-electron chi connectivity index (χ3n) is 5.76. The van der Waals surface area contributed by atoms with Crippen molar-refractivity contribution in [2.24, 2.45) is 0 Å². The van der Waals surface area contributed by atoms with Crippen molar-refractivity contribution in [3.8, 4) is 22.6 Å². The summed E-state index contributed by atoms with van der Waals surface area (Å²) in [5, 5.41) is 18.6. The summed E-state index contributed by atoms with van der Waals surface area (Å²) in [4.78, 5) is 13.4. The molecule has 0 saturated heterocycles. The van der Waals surface area contributed by atoms with Crippen molar-refractivity contribution in [2.45, 2.75) is 6.92 Å². The van der Waals surface area contributed by atoms with Gasteiger partial charge in [-0.1, -0.05) is 24.3 Å². The molecule has 2 aromatic carbocycles. The summed E-state index contributed by atoms with van der Waals surface area (Å²) in [5.74, 6) is -3.28. The predicted molar refractivity (Wildman–Crippen MR) is 130 cm³/mol. The zero-order chi connectivity index (χ0) is 25.0. The number of hydrogen-bond acceptors (Lipinski definition) is 5. The molecule has 170 valence electrons. The van der Waals surface area contributed by atoms with Gasteiger partial charge >= 0.3 is 0 Å². The van der Waals surface area contributed by atoms with Gasteiger partial charge in [0.25, 0.3) is 0 Å². The highest BCUT2D eigenvalue weighted by Gasteiger charge is 2.32. The number of fused-ring (bicyclic) bond motifs is 2. The molecular formula is C26H12F3N2O2PS. The molecule has 0 amide bonds.